The number of rotatable bonds is 4. The molecule has 0 aromatic heterocycles. The quantitative estimate of drug-likeness (QED) is 0.579. The predicted molar refractivity (Wildman–Crippen MR) is 69.5 cm³/mol. The van der Waals surface area contributed by atoms with E-state index in [-0.39, 0.29) is 0 Å². The SMILES string of the molecule is CCC(Cl)C1CCC(C(C)(C)CC)CC1. The van der Waals surface area contributed by atoms with Crippen molar-refractivity contribution in [1.82, 2.24) is 0 Å². The maximum atomic E-state index is 6.34. The van der Waals surface area contributed by atoms with Crippen LogP contribution in [0, 0.1) is 17.3 Å². The Morgan fingerprint density at radius 2 is 1.67 bits per heavy atom. The molecule has 1 rings (SSSR count). The lowest BCUT2D eigenvalue weighted by Gasteiger charge is -2.39. The van der Waals surface area contributed by atoms with Crippen LogP contribution in [-0.2, 0) is 0 Å². The van der Waals surface area contributed by atoms with E-state index < -0.39 is 0 Å². The van der Waals surface area contributed by atoms with Crippen LogP contribution in [0.5, 0.6) is 0 Å². The van der Waals surface area contributed by atoms with Gasteiger partial charge < -0.3 is 0 Å². The Morgan fingerprint density at radius 1 is 1.13 bits per heavy atom. The second-order valence-corrected chi connectivity index (χ2v) is 6.44. The summed E-state index contributed by atoms with van der Waals surface area (Å²) in [6.45, 7) is 9.38. The Hall–Kier alpha value is 0.290. The molecule has 0 bridgehead atoms. The molecule has 0 heterocycles. The van der Waals surface area contributed by atoms with E-state index in [9.17, 15) is 0 Å². The highest BCUT2D eigenvalue weighted by Gasteiger charge is 2.33. The molecule has 0 spiro atoms. The van der Waals surface area contributed by atoms with Gasteiger partial charge in [-0.1, -0.05) is 34.1 Å². The van der Waals surface area contributed by atoms with Gasteiger partial charge in [0.25, 0.3) is 0 Å². The van der Waals surface area contributed by atoms with Crippen molar-refractivity contribution in [2.45, 2.75) is 71.6 Å². The van der Waals surface area contributed by atoms with Gasteiger partial charge in [0.15, 0.2) is 0 Å². The van der Waals surface area contributed by atoms with Crippen LogP contribution in [0.3, 0.4) is 0 Å². The van der Waals surface area contributed by atoms with Gasteiger partial charge in [-0.05, 0) is 49.4 Å². The normalized spacial score (nSPS) is 30.2. The lowest BCUT2D eigenvalue weighted by Crippen LogP contribution is -2.30. The van der Waals surface area contributed by atoms with Crippen molar-refractivity contribution >= 4 is 11.6 Å². The molecule has 1 fully saturated rings. The molecule has 0 radical (unpaired) electrons. The van der Waals surface area contributed by atoms with Crippen molar-refractivity contribution in [2.75, 3.05) is 0 Å². The van der Waals surface area contributed by atoms with E-state index in [4.69, 9.17) is 11.6 Å². The fourth-order valence-corrected chi connectivity index (χ4v) is 3.14. The molecule has 1 unspecified atom stereocenters. The van der Waals surface area contributed by atoms with Gasteiger partial charge in [-0.15, -0.1) is 11.6 Å². The van der Waals surface area contributed by atoms with E-state index in [1.54, 1.807) is 0 Å². The molecule has 1 aliphatic rings. The van der Waals surface area contributed by atoms with Crippen LogP contribution in [0.15, 0.2) is 0 Å². The third kappa shape index (κ3) is 3.37. The van der Waals surface area contributed by atoms with E-state index in [0.717, 1.165) is 18.3 Å². The van der Waals surface area contributed by atoms with Crippen molar-refractivity contribution in [1.29, 1.82) is 0 Å². The largest absolute Gasteiger partial charge is 0.123 e. The third-order valence-corrected chi connectivity index (χ3v) is 5.35. The first-order valence-corrected chi connectivity index (χ1v) is 7.09. The molecule has 0 nitrogen and oxygen atoms in total. The van der Waals surface area contributed by atoms with Gasteiger partial charge >= 0.3 is 0 Å². The van der Waals surface area contributed by atoms with Gasteiger partial charge in [0, 0.05) is 5.38 Å². The standard InChI is InChI=1S/C14H27Cl/c1-5-13(15)11-7-9-12(10-8-11)14(3,4)6-2/h11-13H,5-10H2,1-4H3. The van der Waals surface area contributed by atoms with Crippen molar-refractivity contribution < 1.29 is 0 Å². The first kappa shape index (κ1) is 13.4. The van der Waals surface area contributed by atoms with Crippen LogP contribution < -0.4 is 0 Å². The second-order valence-electron chi connectivity index (χ2n) is 5.88. The molecule has 0 aromatic carbocycles. The summed E-state index contributed by atoms with van der Waals surface area (Å²) in [5.41, 5.74) is 0.541. The Bertz CT molecular complexity index is 178. The minimum atomic E-state index is 0.427. The zero-order valence-corrected chi connectivity index (χ0v) is 11.6. The summed E-state index contributed by atoms with van der Waals surface area (Å²) in [5.74, 6) is 1.72. The molecular formula is C14H27Cl. The molecule has 0 aromatic rings. The van der Waals surface area contributed by atoms with Gasteiger partial charge in [0.2, 0.25) is 0 Å². The molecule has 1 saturated carbocycles. The lowest BCUT2D eigenvalue weighted by atomic mass is 9.67. The Balaban J connectivity index is 2.42. The maximum absolute atomic E-state index is 6.34. The monoisotopic (exact) mass is 230 g/mol. The fourth-order valence-electron chi connectivity index (χ4n) is 2.88. The van der Waals surface area contributed by atoms with Crippen LogP contribution in [-0.4, -0.2) is 5.38 Å². The van der Waals surface area contributed by atoms with E-state index in [1.165, 1.54) is 32.1 Å². The zero-order valence-electron chi connectivity index (χ0n) is 10.9. The minimum absolute atomic E-state index is 0.427. The average molecular weight is 231 g/mol. The summed E-state index contributed by atoms with van der Waals surface area (Å²) in [6.07, 6.45) is 7.95. The highest BCUT2D eigenvalue weighted by atomic mass is 35.5. The summed E-state index contributed by atoms with van der Waals surface area (Å²) in [6, 6.07) is 0. The van der Waals surface area contributed by atoms with Crippen LogP contribution in [0.25, 0.3) is 0 Å². The van der Waals surface area contributed by atoms with E-state index in [2.05, 4.69) is 27.7 Å². The molecule has 1 aliphatic carbocycles. The first-order valence-electron chi connectivity index (χ1n) is 6.65. The summed E-state index contributed by atoms with van der Waals surface area (Å²) in [4.78, 5) is 0. The van der Waals surface area contributed by atoms with Gasteiger partial charge in [-0.2, -0.15) is 0 Å². The zero-order chi connectivity index (χ0) is 11.5. The summed E-state index contributed by atoms with van der Waals surface area (Å²) >= 11 is 6.34. The lowest BCUT2D eigenvalue weighted by molar-refractivity contribution is 0.126. The van der Waals surface area contributed by atoms with Gasteiger partial charge in [-0.3, -0.25) is 0 Å². The summed E-state index contributed by atoms with van der Waals surface area (Å²) in [5, 5.41) is 0.427. The van der Waals surface area contributed by atoms with Gasteiger partial charge in [0.1, 0.15) is 0 Å². The molecule has 1 atom stereocenters. The van der Waals surface area contributed by atoms with E-state index in [1.807, 2.05) is 0 Å². The molecule has 0 N–H and O–H groups in total. The maximum Gasteiger partial charge on any atom is 0.0361 e. The minimum Gasteiger partial charge on any atom is -0.123 e. The second kappa shape index (κ2) is 5.57. The van der Waals surface area contributed by atoms with Crippen LogP contribution in [0.2, 0.25) is 0 Å². The van der Waals surface area contributed by atoms with Crippen LogP contribution in [0.1, 0.15) is 66.2 Å². The molecule has 0 saturated heterocycles. The van der Waals surface area contributed by atoms with Crippen molar-refractivity contribution in [3.05, 3.63) is 0 Å². The van der Waals surface area contributed by atoms with Crippen molar-refractivity contribution in [2.24, 2.45) is 17.3 Å². The third-order valence-electron chi connectivity index (χ3n) is 4.69. The highest BCUT2D eigenvalue weighted by Crippen LogP contribution is 2.43. The number of hydrogen-bond acceptors (Lipinski definition) is 0. The Labute approximate surface area is 101 Å². The van der Waals surface area contributed by atoms with Gasteiger partial charge in [0.05, 0.1) is 0 Å². The molecular weight excluding hydrogens is 204 g/mol. The van der Waals surface area contributed by atoms with Crippen molar-refractivity contribution in [3.8, 4) is 0 Å². The fraction of sp³-hybridized carbons (Fsp3) is 1.00. The smallest absolute Gasteiger partial charge is 0.0361 e. The Kier molecular flexibility index (Phi) is 4.96. The van der Waals surface area contributed by atoms with Crippen molar-refractivity contribution in [3.63, 3.8) is 0 Å². The van der Waals surface area contributed by atoms with E-state index in [0.29, 0.717) is 10.8 Å². The molecule has 1 heteroatoms. The van der Waals surface area contributed by atoms with E-state index >= 15 is 0 Å². The summed E-state index contributed by atoms with van der Waals surface area (Å²) in [7, 11) is 0. The van der Waals surface area contributed by atoms with Crippen LogP contribution >= 0.6 is 11.6 Å². The molecule has 15 heavy (non-hydrogen) atoms. The predicted octanol–water partition coefficient (Wildman–Crippen LogP) is 5.25. The first-order chi connectivity index (χ1) is 7.01. The van der Waals surface area contributed by atoms with Crippen LogP contribution in [0.4, 0.5) is 0 Å². The number of hydrogen-bond donors (Lipinski definition) is 0. The molecule has 0 amide bonds. The topological polar surface area (TPSA) is 0 Å². The average Bonchev–Trinajstić information content (AvgIpc) is 2.28. The Morgan fingerprint density at radius 3 is 2.07 bits per heavy atom. The van der Waals surface area contributed by atoms with Gasteiger partial charge in [-0.25, -0.2) is 0 Å². The molecule has 90 valence electrons. The number of halogens is 1. The highest BCUT2D eigenvalue weighted by molar-refractivity contribution is 6.20. The summed E-state index contributed by atoms with van der Waals surface area (Å²) < 4.78 is 0. The number of alkyl halides is 1. The molecule has 0 aliphatic heterocycles.